The molecule has 2 rings (SSSR count). The van der Waals surface area contributed by atoms with Gasteiger partial charge in [0.25, 0.3) is 15.9 Å². The first-order valence-corrected chi connectivity index (χ1v) is 9.99. The van der Waals surface area contributed by atoms with E-state index in [2.05, 4.69) is 17.0 Å². The molecule has 2 aromatic rings. The third kappa shape index (κ3) is 5.05. The Bertz CT molecular complexity index is 882. The van der Waals surface area contributed by atoms with Crippen LogP contribution in [0.3, 0.4) is 0 Å². The third-order valence-electron chi connectivity index (χ3n) is 3.95. The molecular weight excluding hydrogens is 355 g/mol. The molecule has 0 unspecified atom stereocenters. The Balaban J connectivity index is 2.22. The van der Waals surface area contributed by atoms with Crippen LogP contribution in [-0.4, -0.2) is 20.9 Å². The van der Waals surface area contributed by atoms with Crippen LogP contribution in [0.25, 0.3) is 0 Å². The van der Waals surface area contributed by atoms with Crippen molar-refractivity contribution in [2.24, 2.45) is 0 Å². The number of hydrogen-bond acceptors (Lipinski definition) is 3. The number of amides is 1. The minimum Gasteiger partial charge on any atom is -0.352 e. The molecule has 0 saturated carbocycles. The maximum Gasteiger partial charge on any atom is 0.262 e. The van der Waals surface area contributed by atoms with E-state index in [1.807, 2.05) is 0 Å². The number of anilines is 1. The van der Waals surface area contributed by atoms with Crippen LogP contribution in [0.1, 0.15) is 42.1 Å². The minimum atomic E-state index is -4.01. The molecule has 0 aromatic heterocycles. The molecule has 0 bridgehead atoms. The molecule has 0 heterocycles. The lowest BCUT2D eigenvalue weighted by Crippen LogP contribution is -2.25. The summed E-state index contributed by atoms with van der Waals surface area (Å²) in [5.41, 5.74) is 0.819. The molecule has 2 aromatic carbocycles. The number of carbonyl (C=O) groups excluding carboxylic acids is 1. The van der Waals surface area contributed by atoms with Crippen LogP contribution < -0.4 is 10.0 Å². The molecule has 2 N–H and O–H groups in total. The number of aryl methyl sites for hydroxylation is 1. The van der Waals surface area contributed by atoms with Gasteiger partial charge in [-0.05, 0) is 43.2 Å². The zero-order valence-corrected chi connectivity index (χ0v) is 15.7. The summed E-state index contributed by atoms with van der Waals surface area (Å²) in [4.78, 5) is 12.2. The SMILES string of the molecule is CCCCCNC(=O)c1cc(S(=O)(=O)Nc2ccccc2F)ccc1C. The average Bonchev–Trinajstić information content (AvgIpc) is 2.60. The van der Waals surface area contributed by atoms with Crippen LogP contribution in [-0.2, 0) is 10.0 Å². The second-order valence-electron chi connectivity index (χ2n) is 6.03. The molecular formula is C19H23FN2O3S. The van der Waals surface area contributed by atoms with E-state index in [9.17, 15) is 17.6 Å². The Labute approximate surface area is 153 Å². The van der Waals surface area contributed by atoms with Gasteiger partial charge >= 0.3 is 0 Å². The van der Waals surface area contributed by atoms with Gasteiger partial charge in [-0.1, -0.05) is 38.0 Å². The third-order valence-corrected chi connectivity index (χ3v) is 5.31. The molecule has 5 nitrogen and oxygen atoms in total. The van der Waals surface area contributed by atoms with Crippen LogP contribution in [0.2, 0.25) is 0 Å². The number of halogens is 1. The van der Waals surface area contributed by atoms with Crippen molar-refractivity contribution in [1.82, 2.24) is 5.32 Å². The van der Waals surface area contributed by atoms with E-state index < -0.39 is 15.8 Å². The van der Waals surface area contributed by atoms with Crippen LogP contribution in [0.4, 0.5) is 10.1 Å². The number of benzene rings is 2. The molecule has 0 fully saturated rings. The Hall–Kier alpha value is -2.41. The lowest BCUT2D eigenvalue weighted by Gasteiger charge is -2.12. The maximum absolute atomic E-state index is 13.7. The van der Waals surface area contributed by atoms with E-state index in [0.717, 1.165) is 19.3 Å². The molecule has 7 heteroatoms. The molecule has 0 radical (unpaired) electrons. The first-order valence-electron chi connectivity index (χ1n) is 8.51. The number of para-hydroxylation sites is 1. The van der Waals surface area contributed by atoms with Crippen molar-refractivity contribution in [2.45, 2.75) is 38.0 Å². The van der Waals surface area contributed by atoms with Crippen molar-refractivity contribution in [3.05, 3.63) is 59.4 Å². The number of carbonyl (C=O) groups is 1. The molecule has 26 heavy (non-hydrogen) atoms. The lowest BCUT2D eigenvalue weighted by molar-refractivity contribution is 0.0952. The number of unbranched alkanes of at least 4 members (excludes halogenated alkanes) is 2. The van der Waals surface area contributed by atoms with Crippen molar-refractivity contribution in [2.75, 3.05) is 11.3 Å². The van der Waals surface area contributed by atoms with E-state index in [1.165, 1.54) is 36.4 Å². The van der Waals surface area contributed by atoms with Crippen LogP contribution in [0, 0.1) is 12.7 Å². The molecule has 1 amide bonds. The monoisotopic (exact) mass is 378 g/mol. The van der Waals surface area contributed by atoms with Crippen molar-refractivity contribution in [3.63, 3.8) is 0 Å². The van der Waals surface area contributed by atoms with Crippen LogP contribution >= 0.6 is 0 Å². The zero-order valence-electron chi connectivity index (χ0n) is 14.9. The van der Waals surface area contributed by atoms with E-state index in [1.54, 1.807) is 13.0 Å². The van der Waals surface area contributed by atoms with Gasteiger partial charge in [-0.2, -0.15) is 0 Å². The number of hydrogen-bond donors (Lipinski definition) is 2. The van der Waals surface area contributed by atoms with E-state index >= 15 is 0 Å². The summed E-state index contributed by atoms with van der Waals surface area (Å²) in [7, 11) is -4.01. The van der Waals surface area contributed by atoms with Crippen LogP contribution in [0.15, 0.2) is 47.4 Å². The normalized spacial score (nSPS) is 11.2. The lowest BCUT2D eigenvalue weighted by atomic mass is 10.1. The highest BCUT2D eigenvalue weighted by Crippen LogP contribution is 2.21. The van der Waals surface area contributed by atoms with Crippen molar-refractivity contribution in [3.8, 4) is 0 Å². The largest absolute Gasteiger partial charge is 0.352 e. The Morgan fingerprint density at radius 2 is 1.85 bits per heavy atom. The van der Waals surface area contributed by atoms with Gasteiger partial charge < -0.3 is 5.32 Å². The highest BCUT2D eigenvalue weighted by molar-refractivity contribution is 7.92. The van der Waals surface area contributed by atoms with Gasteiger partial charge in [0.2, 0.25) is 0 Å². The van der Waals surface area contributed by atoms with Gasteiger partial charge in [0.1, 0.15) is 5.82 Å². The van der Waals surface area contributed by atoms with E-state index in [4.69, 9.17) is 0 Å². The Morgan fingerprint density at radius 1 is 1.12 bits per heavy atom. The van der Waals surface area contributed by atoms with Gasteiger partial charge in [-0.3, -0.25) is 9.52 Å². The smallest absolute Gasteiger partial charge is 0.262 e. The second-order valence-corrected chi connectivity index (χ2v) is 7.71. The summed E-state index contributed by atoms with van der Waals surface area (Å²) in [6.07, 6.45) is 2.93. The van der Waals surface area contributed by atoms with Crippen molar-refractivity contribution >= 4 is 21.6 Å². The molecule has 0 saturated heterocycles. The summed E-state index contributed by atoms with van der Waals surface area (Å²) in [5.74, 6) is -0.987. The fourth-order valence-electron chi connectivity index (χ4n) is 2.43. The van der Waals surface area contributed by atoms with Crippen LogP contribution in [0.5, 0.6) is 0 Å². The average molecular weight is 378 g/mol. The topological polar surface area (TPSA) is 75.3 Å². The molecule has 0 aliphatic carbocycles. The first-order chi connectivity index (χ1) is 12.3. The minimum absolute atomic E-state index is 0.0925. The van der Waals surface area contributed by atoms with Crippen molar-refractivity contribution < 1.29 is 17.6 Å². The predicted octanol–water partition coefficient (Wildman–Crippen LogP) is 3.85. The molecule has 140 valence electrons. The number of nitrogens with one attached hydrogen (secondary N) is 2. The highest BCUT2D eigenvalue weighted by Gasteiger charge is 2.19. The number of sulfonamides is 1. The molecule has 0 atom stereocenters. The summed E-state index contributed by atoms with van der Waals surface area (Å²) >= 11 is 0. The standard InChI is InChI=1S/C19H23FN2O3S/c1-3-4-7-12-21-19(23)16-13-15(11-10-14(16)2)26(24,25)22-18-9-6-5-8-17(18)20/h5-6,8-11,13,22H,3-4,7,12H2,1-2H3,(H,21,23). The van der Waals surface area contributed by atoms with Gasteiger partial charge in [0.15, 0.2) is 0 Å². The van der Waals surface area contributed by atoms with Gasteiger partial charge in [0.05, 0.1) is 10.6 Å². The second kappa shape index (κ2) is 8.80. The molecule has 0 aliphatic heterocycles. The summed E-state index contributed by atoms with van der Waals surface area (Å²) in [5, 5.41) is 2.80. The van der Waals surface area contributed by atoms with Gasteiger partial charge in [0, 0.05) is 12.1 Å². The first kappa shape index (κ1) is 19.9. The quantitative estimate of drug-likeness (QED) is 0.685. The summed E-state index contributed by atoms with van der Waals surface area (Å²) in [6, 6.07) is 9.78. The van der Waals surface area contributed by atoms with Gasteiger partial charge in [-0.25, -0.2) is 12.8 Å². The van der Waals surface area contributed by atoms with E-state index in [-0.39, 0.29) is 22.1 Å². The van der Waals surface area contributed by atoms with E-state index in [0.29, 0.717) is 12.1 Å². The Kier molecular flexibility index (Phi) is 6.74. The molecule has 0 spiro atoms. The fourth-order valence-corrected chi connectivity index (χ4v) is 3.53. The zero-order chi connectivity index (χ0) is 19.2. The highest BCUT2D eigenvalue weighted by atomic mass is 32.2. The molecule has 0 aliphatic rings. The predicted molar refractivity (Wildman–Crippen MR) is 100 cm³/mol. The number of rotatable bonds is 8. The van der Waals surface area contributed by atoms with Crippen molar-refractivity contribution in [1.29, 1.82) is 0 Å². The summed E-state index contributed by atoms with van der Waals surface area (Å²) in [6.45, 7) is 4.35. The fraction of sp³-hybridized carbons (Fsp3) is 0.316. The van der Waals surface area contributed by atoms with Gasteiger partial charge in [-0.15, -0.1) is 0 Å². The summed E-state index contributed by atoms with van der Waals surface area (Å²) < 4.78 is 41.0. The Morgan fingerprint density at radius 3 is 2.54 bits per heavy atom. The maximum atomic E-state index is 13.7.